The van der Waals surface area contributed by atoms with Gasteiger partial charge in [-0.1, -0.05) is 6.07 Å². The number of hydrogen-bond acceptors (Lipinski definition) is 4. The van der Waals surface area contributed by atoms with Crippen LogP contribution in [0.5, 0.6) is 0 Å². The molecule has 1 aromatic rings. The summed E-state index contributed by atoms with van der Waals surface area (Å²) in [7, 11) is 0. The Hall–Kier alpha value is -1.07. The first-order chi connectivity index (χ1) is 8.25. The van der Waals surface area contributed by atoms with Crippen LogP contribution in [0, 0.1) is 0 Å². The molecule has 2 N–H and O–H groups in total. The maximum absolute atomic E-state index is 11.7. The first-order valence-electron chi connectivity index (χ1n) is 5.83. The van der Waals surface area contributed by atoms with Gasteiger partial charge in [-0.3, -0.25) is 9.78 Å². The van der Waals surface area contributed by atoms with Gasteiger partial charge in [0.25, 0.3) is 0 Å². The van der Waals surface area contributed by atoms with Crippen molar-refractivity contribution in [3.63, 3.8) is 0 Å². The van der Waals surface area contributed by atoms with Crippen LogP contribution in [-0.2, 0) is 11.2 Å². The Morgan fingerprint density at radius 2 is 2.53 bits per heavy atom. The van der Waals surface area contributed by atoms with Crippen LogP contribution in [0.25, 0.3) is 0 Å². The van der Waals surface area contributed by atoms with Crippen LogP contribution in [-0.4, -0.2) is 35.3 Å². The number of pyridine rings is 1. The molecule has 92 valence electrons. The van der Waals surface area contributed by atoms with Crippen LogP contribution < -0.4 is 10.6 Å². The first-order valence-corrected chi connectivity index (χ1v) is 6.34. The molecular formula is C12H17N3OS. The molecule has 0 saturated carbocycles. The average Bonchev–Trinajstić information content (AvgIpc) is 2.74. The summed E-state index contributed by atoms with van der Waals surface area (Å²) in [5.74, 6) is 0.0345. The summed E-state index contributed by atoms with van der Waals surface area (Å²) >= 11 is 4.47. The second-order valence-electron chi connectivity index (χ2n) is 4.26. The maximum Gasteiger partial charge on any atom is 0.224 e. The highest BCUT2D eigenvalue weighted by molar-refractivity contribution is 7.81. The molecule has 1 fully saturated rings. The van der Waals surface area contributed by atoms with Gasteiger partial charge in [-0.2, -0.15) is 12.6 Å². The maximum atomic E-state index is 11.7. The molecule has 17 heavy (non-hydrogen) atoms. The summed E-state index contributed by atoms with van der Waals surface area (Å²) in [5, 5.41) is 6.59. The highest BCUT2D eigenvalue weighted by Crippen LogP contribution is 2.12. The van der Waals surface area contributed by atoms with E-state index < -0.39 is 0 Å². The smallest absolute Gasteiger partial charge is 0.224 e. The fourth-order valence-electron chi connectivity index (χ4n) is 1.94. The Labute approximate surface area is 107 Å². The van der Waals surface area contributed by atoms with Crippen molar-refractivity contribution in [1.29, 1.82) is 0 Å². The van der Waals surface area contributed by atoms with Gasteiger partial charge in [0, 0.05) is 30.2 Å². The zero-order valence-corrected chi connectivity index (χ0v) is 10.5. The fraction of sp³-hybridized carbons (Fsp3) is 0.500. The highest BCUT2D eigenvalue weighted by Gasteiger charge is 2.23. The molecule has 1 saturated heterocycles. The van der Waals surface area contributed by atoms with Crippen molar-refractivity contribution in [1.82, 2.24) is 15.6 Å². The number of nitrogens with zero attached hydrogens (tertiary/aromatic N) is 1. The predicted molar refractivity (Wildman–Crippen MR) is 70.1 cm³/mol. The van der Waals surface area contributed by atoms with Gasteiger partial charge >= 0.3 is 0 Å². The molecule has 0 aliphatic carbocycles. The summed E-state index contributed by atoms with van der Waals surface area (Å²) in [4.78, 5) is 15.7. The number of aromatic nitrogens is 1. The third-order valence-corrected chi connectivity index (χ3v) is 3.54. The van der Waals surface area contributed by atoms with Gasteiger partial charge in [0.15, 0.2) is 0 Å². The van der Waals surface area contributed by atoms with E-state index in [1.165, 1.54) is 0 Å². The number of nitrogens with one attached hydrogen (secondary N) is 2. The number of carbonyl (C=O) groups excluding carboxylic acids is 1. The van der Waals surface area contributed by atoms with E-state index >= 15 is 0 Å². The molecule has 1 aliphatic heterocycles. The van der Waals surface area contributed by atoms with Crippen molar-refractivity contribution in [2.45, 2.75) is 24.1 Å². The molecule has 1 aromatic heterocycles. The minimum Gasteiger partial charge on any atom is -0.354 e. The topological polar surface area (TPSA) is 54.0 Å². The Kier molecular flexibility index (Phi) is 4.39. The van der Waals surface area contributed by atoms with Crippen LogP contribution in [0.3, 0.4) is 0 Å². The number of amides is 1. The third-order valence-electron chi connectivity index (χ3n) is 2.92. The minimum absolute atomic E-state index is 0.0345. The lowest BCUT2D eigenvalue weighted by Crippen LogP contribution is -2.41. The lowest BCUT2D eigenvalue weighted by atomic mass is 10.2. The van der Waals surface area contributed by atoms with Crippen molar-refractivity contribution in [3.05, 3.63) is 30.1 Å². The first kappa shape index (κ1) is 12.4. The molecule has 0 bridgehead atoms. The molecular weight excluding hydrogens is 234 g/mol. The quantitative estimate of drug-likeness (QED) is 0.679. The number of thiol groups is 1. The molecule has 5 heteroatoms. The van der Waals surface area contributed by atoms with Crippen molar-refractivity contribution < 1.29 is 4.79 Å². The van der Waals surface area contributed by atoms with Gasteiger partial charge < -0.3 is 10.6 Å². The molecule has 1 amide bonds. The second kappa shape index (κ2) is 6.02. The molecule has 0 radical (unpaired) electrons. The Morgan fingerprint density at radius 1 is 1.65 bits per heavy atom. The minimum atomic E-state index is 0.0345. The molecule has 2 rings (SSSR count). The Bertz CT molecular complexity index is 371. The van der Waals surface area contributed by atoms with E-state index in [-0.39, 0.29) is 11.9 Å². The number of hydrogen-bond donors (Lipinski definition) is 3. The van der Waals surface area contributed by atoms with Crippen LogP contribution in [0.4, 0.5) is 0 Å². The third kappa shape index (κ3) is 3.71. The van der Waals surface area contributed by atoms with Gasteiger partial charge in [0.1, 0.15) is 0 Å². The average molecular weight is 251 g/mol. The highest BCUT2D eigenvalue weighted by atomic mass is 32.1. The number of rotatable bonds is 4. The summed E-state index contributed by atoms with van der Waals surface area (Å²) in [6, 6.07) is 4.03. The van der Waals surface area contributed by atoms with Crippen LogP contribution >= 0.6 is 12.6 Å². The molecule has 0 unspecified atom stereocenters. The zero-order valence-electron chi connectivity index (χ0n) is 9.60. The van der Waals surface area contributed by atoms with Gasteiger partial charge in [-0.15, -0.1) is 0 Å². The van der Waals surface area contributed by atoms with E-state index in [4.69, 9.17) is 0 Å². The van der Waals surface area contributed by atoms with E-state index in [1.807, 2.05) is 12.1 Å². The van der Waals surface area contributed by atoms with E-state index in [0.29, 0.717) is 18.2 Å². The van der Waals surface area contributed by atoms with Crippen molar-refractivity contribution in [3.8, 4) is 0 Å². The summed E-state index contributed by atoms with van der Waals surface area (Å²) < 4.78 is 0. The summed E-state index contributed by atoms with van der Waals surface area (Å²) in [5.41, 5.74) is 0.937. The standard InChI is InChI=1S/C12H17N3OS/c16-12(6-9-2-1-4-13-7-9)15-8-10-11(17)3-5-14-10/h1-2,4,7,10-11,14,17H,3,5-6,8H2,(H,15,16)/t10-,11-/m0/s1. The van der Waals surface area contributed by atoms with E-state index in [1.54, 1.807) is 12.4 Å². The summed E-state index contributed by atoms with van der Waals surface area (Å²) in [6.07, 6.45) is 4.87. The molecule has 2 atom stereocenters. The molecule has 0 spiro atoms. The second-order valence-corrected chi connectivity index (χ2v) is 4.92. The largest absolute Gasteiger partial charge is 0.354 e. The molecule has 4 nitrogen and oxygen atoms in total. The Balaban J connectivity index is 1.74. The lowest BCUT2D eigenvalue weighted by Gasteiger charge is -2.15. The summed E-state index contributed by atoms with van der Waals surface area (Å²) in [6.45, 7) is 1.63. The molecule has 2 heterocycles. The van der Waals surface area contributed by atoms with Crippen molar-refractivity contribution in [2.75, 3.05) is 13.1 Å². The zero-order chi connectivity index (χ0) is 12.1. The van der Waals surface area contributed by atoms with Crippen molar-refractivity contribution in [2.24, 2.45) is 0 Å². The number of carbonyl (C=O) groups is 1. The van der Waals surface area contributed by atoms with Gasteiger partial charge in [-0.25, -0.2) is 0 Å². The fourth-order valence-corrected chi connectivity index (χ4v) is 2.28. The van der Waals surface area contributed by atoms with E-state index in [9.17, 15) is 4.79 Å². The lowest BCUT2D eigenvalue weighted by molar-refractivity contribution is -0.120. The molecule has 0 aromatic carbocycles. The van der Waals surface area contributed by atoms with Crippen LogP contribution in [0.15, 0.2) is 24.5 Å². The van der Waals surface area contributed by atoms with Gasteiger partial charge in [0.2, 0.25) is 5.91 Å². The van der Waals surface area contributed by atoms with E-state index in [0.717, 1.165) is 18.5 Å². The Morgan fingerprint density at radius 3 is 3.18 bits per heavy atom. The normalized spacial score (nSPS) is 23.6. The SMILES string of the molecule is O=C(Cc1cccnc1)NC[C@@H]1NCC[C@@H]1S. The van der Waals surface area contributed by atoms with Crippen molar-refractivity contribution >= 4 is 18.5 Å². The van der Waals surface area contributed by atoms with Gasteiger partial charge in [-0.05, 0) is 24.6 Å². The monoisotopic (exact) mass is 251 g/mol. The predicted octanol–water partition coefficient (Wildman–Crippen LogP) is 0.401. The van der Waals surface area contributed by atoms with E-state index in [2.05, 4.69) is 28.2 Å². The molecule has 1 aliphatic rings. The van der Waals surface area contributed by atoms with Crippen LogP contribution in [0.2, 0.25) is 0 Å². The van der Waals surface area contributed by atoms with Gasteiger partial charge in [0.05, 0.1) is 6.42 Å². The van der Waals surface area contributed by atoms with Crippen LogP contribution in [0.1, 0.15) is 12.0 Å².